The molecule has 0 unspecified atom stereocenters. The largest absolute Gasteiger partial charge is 0.394 e. The summed E-state index contributed by atoms with van der Waals surface area (Å²) in [6.07, 6.45) is 1.85. The van der Waals surface area contributed by atoms with Crippen LogP contribution >= 0.6 is 0 Å². The number of likely N-dealkylation sites (N-methyl/N-ethyl adjacent to an activating group) is 1. The van der Waals surface area contributed by atoms with Gasteiger partial charge in [-0.3, -0.25) is 10.00 Å². The molecule has 2 aromatic rings. The third-order valence-electron chi connectivity index (χ3n) is 4.78. The van der Waals surface area contributed by atoms with Gasteiger partial charge < -0.3 is 15.2 Å². The molecule has 3 N–H and O–H groups in total. The summed E-state index contributed by atoms with van der Waals surface area (Å²) >= 11 is 0. The lowest BCUT2D eigenvalue weighted by Crippen LogP contribution is -2.65. The highest BCUT2D eigenvalue weighted by Crippen LogP contribution is 2.22. The van der Waals surface area contributed by atoms with Crippen molar-refractivity contribution in [2.75, 3.05) is 33.4 Å². The summed E-state index contributed by atoms with van der Waals surface area (Å²) < 4.78 is 5.66. The van der Waals surface area contributed by atoms with E-state index in [2.05, 4.69) is 40.5 Å². The summed E-state index contributed by atoms with van der Waals surface area (Å²) in [5, 5.41) is 21.6. The number of morpholine rings is 1. The van der Waals surface area contributed by atoms with Gasteiger partial charge in [0.1, 0.15) is 0 Å². The van der Waals surface area contributed by atoms with Gasteiger partial charge in [0, 0.05) is 24.5 Å². The number of ether oxygens (including phenoxy) is 1. The minimum atomic E-state index is -0.359. The number of nitrogens with zero attached hydrogens (tertiary/aromatic N) is 2. The molecule has 1 aliphatic heterocycles. The molecule has 2 heterocycles. The van der Waals surface area contributed by atoms with E-state index in [0.717, 1.165) is 17.4 Å². The highest BCUT2D eigenvalue weighted by atomic mass is 16.5. The number of aromatic nitrogens is 2. The smallest absolute Gasteiger partial charge is 0.0802 e. The van der Waals surface area contributed by atoms with Crippen molar-refractivity contribution in [1.82, 2.24) is 20.4 Å². The second kappa shape index (κ2) is 6.34. The first-order chi connectivity index (χ1) is 10.7. The summed E-state index contributed by atoms with van der Waals surface area (Å²) in [6, 6.07) is 6.45. The van der Waals surface area contributed by atoms with Crippen LogP contribution in [0.4, 0.5) is 0 Å². The molecule has 0 aliphatic carbocycles. The van der Waals surface area contributed by atoms with E-state index >= 15 is 0 Å². The molecule has 22 heavy (non-hydrogen) atoms. The number of H-pyrrole nitrogens is 1. The summed E-state index contributed by atoms with van der Waals surface area (Å²) in [7, 11) is 2.06. The van der Waals surface area contributed by atoms with Crippen LogP contribution in [0.5, 0.6) is 0 Å². The van der Waals surface area contributed by atoms with Crippen LogP contribution in [0.25, 0.3) is 10.9 Å². The number of fused-ring (bicyclic) bond motifs is 1. The first-order valence-corrected chi connectivity index (χ1v) is 7.69. The van der Waals surface area contributed by atoms with E-state index in [9.17, 15) is 5.11 Å². The van der Waals surface area contributed by atoms with Crippen molar-refractivity contribution in [3.8, 4) is 0 Å². The number of nitrogens with one attached hydrogen (secondary N) is 2. The molecule has 0 saturated carbocycles. The van der Waals surface area contributed by atoms with Crippen molar-refractivity contribution in [1.29, 1.82) is 0 Å². The van der Waals surface area contributed by atoms with Crippen LogP contribution in [0.1, 0.15) is 12.5 Å². The summed E-state index contributed by atoms with van der Waals surface area (Å²) in [5.41, 5.74) is 1.89. The van der Waals surface area contributed by atoms with Gasteiger partial charge in [-0.25, -0.2) is 0 Å². The zero-order valence-corrected chi connectivity index (χ0v) is 13.2. The van der Waals surface area contributed by atoms with Gasteiger partial charge in [-0.2, -0.15) is 5.10 Å². The maximum absolute atomic E-state index is 9.89. The zero-order chi connectivity index (χ0) is 15.6. The quantitative estimate of drug-likeness (QED) is 0.759. The van der Waals surface area contributed by atoms with Gasteiger partial charge in [0.2, 0.25) is 0 Å². The maximum Gasteiger partial charge on any atom is 0.0802 e. The Morgan fingerprint density at radius 3 is 3.23 bits per heavy atom. The molecule has 1 aliphatic rings. The standard InChI is InChI=1S/C16H24N4O2/c1-12-8-22-11-16(10-21,20(12)2)9-17-6-13-4-3-5-15-14(13)7-18-19-15/h3-5,7,12,17,21H,6,8-11H2,1-2H3,(H,18,19)/t12-,16+/m1/s1. The van der Waals surface area contributed by atoms with Crippen molar-refractivity contribution < 1.29 is 9.84 Å². The molecule has 1 aromatic carbocycles. The first-order valence-electron chi connectivity index (χ1n) is 7.69. The Bertz CT molecular complexity index is 629. The lowest BCUT2D eigenvalue weighted by Gasteiger charge is -2.47. The average Bonchev–Trinajstić information content (AvgIpc) is 3.01. The first kappa shape index (κ1) is 15.4. The van der Waals surface area contributed by atoms with Gasteiger partial charge >= 0.3 is 0 Å². The highest BCUT2D eigenvalue weighted by Gasteiger charge is 2.39. The van der Waals surface area contributed by atoms with Crippen LogP contribution in [0, 0.1) is 0 Å². The number of aliphatic hydroxyl groups excluding tert-OH is 1. The normalized spacial score (nSPS) is 26.6. The Morgan fingerprint density at radius 1 is 1.55 bits per heavy atom. The van der Waals surface area contributed by atoms with Crippen LogP contribution in [0.3, 0.4) is 0 Å². The van der Waals surface area contributed by atoms with Gasteiger partial charge in [-0.05, 0) is 25.6 Å². The van der Waals surface area contributed by atoms with E-state index in [1.165, 1.54) is 5.56 Å². The molecule has 1 saturated heterocycles. The van der Waals surface area contributed by atoms with Gasteiger partial charge in [-0.15, -0.1) is 0 Å². The summed E-state index contributed by atoms with van der Waals surface area (Å²) in [5.74, 6) is 0. The predicted octanol–water partition coefficient (Wildman–Crippen LogP) is 0.734. The molecular weight excluding hydrogens is 280 g/mol. The van der Waals surface area contributed by atoms with Crippen LogP contribution in [-0.4, -0.2) is 65.2 Å². The Balaban J connectivity index is 1.67. The van der Waals surface area contributed by atoms with Crippen molar-refractivity contribution in [3.63, 3.8) is 0 Å². The SMILES string of the molecule is C[C@@H]1COC[C@@](CO)(CNCc2cccc3[nH]ncc23)N1C. The number of rotatable bonds is 5. The highest BCUT2D eigenvalue weighted by molar-refractivity contribution is 5.81. The monoisotopic (exact) mass is 304 g/mol. The van der Waals surface area contributed by atoms with Gasteiger partial charge in [0.15, 0.2) is 0 Å². The number of aliphatic hydroxyl groups is 1. The molecule has 0 spiro atoms. The zero-order valence-electron chi connectivity index (χ0n) is 13.2. The molecule has 3 rings (SSSR count). The molecule has 0 amide bonds. The third kappa shape index (κ3) is 2.75. The lowest BCUT2D eigenvalue weighted by atomic mass is 9.96. The van der Waals surface area contributed by atoms with Crippen molar-refractivity contribution in [2.24, 2.45) is 0 Å². The Morgan fingerprint density at radius 2 is 2.41 bits per heavy atom. The summed E-state index contributed by atoms with van der Waals surface area (Å²) in [4.78, 5) is 2.22. The van der Waals surface area contributed by atoms with Gasteiger partial charge in [0.25, 0.3) is 0 Å². The van der Waals surface area contributed by atoms with Crippen LogP contribution < -0.4 is 5.32 Å². The number of aromatic amines is 1. The van der Waals surface area contributed by atoms with Crippen LogP contribution in [-0.2, 0) is 11.3 Å². The van der Waals surface area contributed by atoms with Gasteiger partial charge in [0.05, 0.1) is 37.1 Å². The lowest BCUT2D eigenvalue weighted by molar-refractivity contribution is -0.106. The van der Waals surface area contributed by atoms with E-state index in [4.69, 9.17) is 4.74 Å². The van der Waals surface area contributed by atoms with Crippen molar-refractivity contribution in [2.45, 2.75) is 25.0 Å². The Kier molecular flexibility index (Phi) is 4.44. The fourth-order valence-corrected chi connectivity index (χ4v) is 3.10. The Hall–Kier alpha value is -1.47. The molecule has 1 aromatic heterocycles. The minimum absolute atomic E-state index is 0.0801. The Labute approximate surface area is 130 Å². The molecule has 6 heteroatoms. The maximum atomic E-state index is 9.89. The predicted molar refractivity (Wildman–Crippen MR) is 85.7 cm³/mol. The van der Waals surface area contributed by atoms with E-state index in [-0.39, 0.29) is 12.1 Å². The van der Waals surface area contributed by atoms with E-state index in [0.29, 0.717) is 25.8 Å². The van der Waals surface area contributed by atoms with E-state index in [1.807, 2.05) is 18.3 Å². The fourth-order valence-electron chi connectivity index (χ4n) is 3.10. The number of hydrogen-bond donors (Lipinski definition) is 3. The fraction of sp³-hybridized carbons (Fsp3) is 0.562. The number of benzene rings is 1. The second-order valence-corrected chi connectivity index (χ2v) is 6.21. The molecule has 1 fully saturated rings. The molecular formula is C16H24N4O2. The average molecular weight is 304 g/mol. The van der Waals surface area contributed by atoms with Crippen LogP contribution in [0.15, 0.2) is 24.4 Å². The van der Waals surface area contributed by atoms with Crippen molar-refractivity contribution >= 4 is 10.9 Å². The van der Waals surface area contributed by atoms with Crippen molar-refractivity contribution in [3.05, 3.63) is 30.0 Å². The molecule has 2 atom stereocenters. The molecule has 120 valence electrons. The minimum Gasteiger partial charge on any atom is -0.394 e. The van der Waals surface area contributed by atoms with Gasteiger partial charge in [-0.1, -0.05) is 12.1 Å². The third-order valence-corrected chi connectivity index (χ3v) is 4.78. The molecule has 0 radical (unpaired) electrons. The topological polar surface area (TPSA) is 73.4 Å². The van der Waals surface area contributed by atoms with Crippen LogP contribution in [0.2, 0.25) is 0 Å². The molecule has 0 bridgehead atoms. The summed E-state index contributed by atoms with van der Waals surface area (Å²) in [6.45, 7) is 4.88. The number of hydrogen-bond acceptors (Lipinski definition) is 5. The molecule has 6 nitrogen and oxygen atoms in total. The second-order valence-electron chi connectivity index (χ2n) is 6.21. The van der Waals surface area contributed by atoms with E-state index < -0.39 is 0 Å². The van der Waals surface area contributed by atoms with E-state index in [1.54, 1.807) is 0 Å².